The van der Waals surface area contributed by atoms with Gasteiger partial charge >= 0.3 is 0 Å². The lowest BCUT2D eigenvalue weighted by molar-refractivity contribution is 0.204. The van der Waals surface area contributed by atoms with Crippen LogP contribution in [0.3, 0.4) is 0 Å². The lowest BCUT2D eigenvalue weighted by Crippen LogP contribution is -2.48. The highest BCUT2D eigenvalue weighted by Gasteiger charge is 2.28. The van der Waals surface area contributed by atoms with Crippen LogP contribution in [-0.2, 0) is 22.9 Å². The van der Waals surface area contributed by atoms with Crippen LogP contribution in [-0.4, -0.2) is 50.3 Å². The van der Waals surface area contributed by atoms with E-state index >= 15 is 0 Å². The number of aryl methyl sites for hydroxylation is 2. The zero-order chi connectivity index (χ0) is 15.6. The van der Waals surface area contributed by atoms with Crippen molar-refractivity contribution in [3.05, 3.63) is 42.0 Å². The molecule has 0 bridgehead atoms. The van der Waals surface area contributed by atoms with E-state index in [9.17, 15) is 8.42 Å². The molecule has 4 nitrogen and oxygen atoms in total. The third-order valence-electron chi connectivity index (χ3n) is 4.68. The van der Waals surface area contributed by atoms with E-state index in [1.54, 1.807) is 10.4 Å². The van der Waals surface area contributed by atoms with E-state index < -0.39 is 10.0 Å². The molecule has 2 aliphatic rings. The normalized spacial score (nSPS) is 20.5. The highest BCUT2D eigenvalue weighted by atomic mass is 32.2. The minimum atomic E-state index is -3.35. The maximum absolute atomic E-state index is 12.8. The highest BCUT2D eigenvalue weighted by molar-refractivity contribution is 7.89. The molecule has 1 aromatic rings. The number of fused-ring (bicyclic) bond motifs is 1. The number of piperazine rings is 1. The zero-order valence-electron chi connectivity index (χ0n) is 13.0. The van der Waals surface area contributed by atoms with Gasteiger partial charge in [-0.2, -0.15) is 4.31 Å². The molecule has 0 amide bonds. The summed E-state index contributed by atoms with van der Waals surface area (Å²) < 4.78 is 27.3. The molecule has 0 saturated carbocycles. The molecule has 3 rings (SSSR count). The van der Waals surface area contributed by atoms with Crippen LogP contribution >= 0.6 is 0 Å². The zero-order valence-corrected chi connectivity index (χ0v) is 13.8. The van der Waals surface area contributed by atoms with Crippen molar-refractivity contribution in [2.75, 3.05) is 32.7 Å². The van der Waals surface area contributed by atoms with Gasteiger partial charge in [0.15, 0.2) is 0 Å². The van der Waals surface area contributed by atoms with Gasteiger partial charge in [-0.3, -0.25) is 4.90 Å². The first-order chi connectivity index (χ1) is 10.6. The first-order valence-corrected chi connectivity index (χ1v) is 9.50. The summed E-state index contributed by atoms with van der Waals surface area (Å²) in [5.74, 6) is 0. The molecule has 1 fully saturated rings. The van der Waals surface area contributed by atoms with Crippen LogP contribution in [0.1, 0.15) is 24.0 Å². The second-order valence-corrected chi connectivity index (χ2v) is 8.07. The molecular weight excluding hydrogens is 296 g/mol. The van der Waals surface area contributed by atoms with Crippen LogP contribution in [0.25, 0.3) is 0 Å². The summed E-state index contributed by atoms with van der Waals surface area (Å²) in [6.45, 7) is 7.24. The van der Waals surface area contributed by atoms with Crippen LogP contribution in [0.2, 0.25) is 0 Å². The van der Waals surface area contributed by atoms with Crippen LogP contribution in [0.5, 0.6) is 0 Å². The number of rotatable bonds is 4. The lowest BCUT2D eigenvalue weighted by Gasteiger charge is -2.33. The van der Waals surface area contributed by atoms with Crippen LogP contribution in [0.4, 0.5) is 0 Å². The van der Waals surface area contributed by atoms with E-state index in [1.165, 1.54) is 17.5 Å². The van der Waals surface area contributed by atoms with Crippen molar-refractivity contribution in [2.24, 2.45) is 0 Å². The van der Waals surface area contributed by atoms with Gasteiger partial charge in [0.25, 0.3) is 0 Å². The Morgan fingerprint density at radius 3 is 2.41 bits per heavy atom. The van der Waals surface area contributed by atoms with Gasteiger partial charge in [-0.1, -0.05) is 12.1 Å². The molecule has 120 valence electrons. The highest BCUT2D eigenvalue weighted by Crippen LogP contribution is 2.26. The Balaban J connectivity index is 1.77. The summed E-state index contributed by atoms with van der Waals surface area (Å²) in [5.41, 5.74) is 2.54. The number of sulfonamides is 1. The van der Waals surface area contributed by atoms with Crippen molar-refractivity contribution in [2.45, 2.75) is 30.6 Å². The first-order valence-electron chi connectivity index (χ1n) is 8.06. The molecule has 5 heteroatoms. The Kier molecular flexibility index (Phi) is 4.66. The molecule has 0 radical (unpaired) electrons. The summed E-state index contributed by atoms with van der Waals surface area (Å²) in [5, 5.41) is 0. The van der Waals surface area contributed by atoms with Gasteiger partial charge in [-0.15, -0.1) is 6.58 Å². The monoisotopic (exact) mass is 320 g/mol. The minimum Gasteiger partial charge on any atom is -0.297 e. The number of hydrogen-bond donors (Lipinski definition) is 0. The van der Waals surface area contributed by atoms with Crippen LogP contribution in [0.15, 0.2) is 35.7 Å². The van der Waals surface area contributed by atoms with E-state index in [4.69, 9.17) is 0 Å². The summed E-state index contributed by atoms with van der Waals surface area (Å²) in [7, 11) is -3.35. The molecule has 1 heterocycles. The maximum atomic E-state index is 12.8. The van der Waals surface area contributed by atoms with Crippen molar-refractivity contribution in [1.29, 1.82) is 0 Å². The van der Waals surface area contributed by atoms with Gasteiger partial charge < -0.3 is 0 Å². The molecule has 0 spiro atoms. The summed E-state index contributed by atoms with van der Waals surface area (Å²) in [4.78, 5) is 2.69. The Bertz CT molecular complexity index is 647. The van der Waals surface area contributed by atoms with E-state index in [2.05, 4.69) is 11.5 Å². The summed E-state index contributed by atoms with van der Waals surface area (Å²) in [6.07, 6.45) is 6.33. The van der Waals surface area contributed by atoms with Gasteiger partial charge in [0.1, 0.15) is 0 Å². The molecule has 1 aromatic carbocycles. The lowest BCUT2D eigenvalue weighted by atomic mass is 9.92. The van der Waals surface area contributed by atoms with Gasteiger partial charge in [-0.25, -0.2) is 8.42 Å². The Morgan fingerprint density at radius 2 is 1.73 bits per heavy atom. The first kappa shape index (κ1) is 15.7. The van der Waals surface area contributed by atoms with E-state index in [0.29, 0.717) is 18.0 Å². The predicted molar refractivity (Wildman–Crippen MR) is 88.5 cm³/mol. The summed E-state index contributed by atoms with van der Waals surface area (Å²) in [6, 6.07) is 5.70. The maximum Gasteiger partial charge on any atom is 0.243 e. The SMILES string of the molecule is C=CCN1CCN(S(=O)(=O)c2ccc3c(c2)CCCC3)CC1. The average molecular weight is 320 g/mol. The molecule has 22 heavy (non-hydrogen) atoms. The van der Waals surface area contributed by atoms with E-state index in [-0.39, 0.29) is 0 Å². The molecule has 1 aliphatic heterocycles. The average Bonchev–Trinajstić information content (AvgIpc) is 2.55. The van der Waals surface area contributed by atoms with Crippen molar-refractivity contribution < 1.29 is 8.42 Å². The van der Waals surface area contributed by atoms with Gasteiger partial charge in [-0.05, 0) is 48.9 Å². The number of benzene rings is 1. The fraction of sp³-hybridized carbons (Fsp3) is 0.529. The van der Waals surface area contributed by atoms with Gasteiger partial charge in [0.2, 0.25) is 10.0 Å². The minimum absolute atomic E-state index is 0.463. The Labute approximate surface area is 133 Å². The smallest absolute Gasteiger partial charge is 0.243 e. The fourth-order valence-electron chi connectivity index (χ4n) is 3.35. The van der Waals surface area contributed by atoms with Crippen LogP contribution < -0.4 is 0 Å². The standard InChI is InChI=1S/C17H24N2O2S/c1-2-9-18-10-12-19(13-11-18)22(20,21)17-8-7-15-5-3-4-6-16(15)14-17/h2,7-8,14H,1,3-6,9-13H2. The quantitative estimate of drug-likeness (QED) is 0.797. The predicted octanol–water partition coefficient (Wildman–Crippen LogP) is 2.06. The Morgan fingerprint density at radius 1 is 1.05 bits per heavy atom. The third-order valence-corrected chi connectivity index (χ3v) is 6.57. The number of hydrogen-bond acceptors (Lipinski definition) is 3. The largest absolute Gasteiger partial charge is 0.297 e. The van der Waals surface area contributed by atoms with Crippen molar-refractivity contribution in [3.63, 3.8) is 0 Å². The fourth-order valence-corrected chi connectivity index (χ4v) is 4.83. The molecular formula is C17H24N2O2S. The number of nitrogens with zero attached hydrogens (tertiary/aromatic N) is 2. The Hall–Kier alpha value is -1.17. The van der Waals surface area contributed by atoms with Crippen molar-refractivity contribution in [1.82, 2.24) is 9.21 Å². The molecule has 1 saturated heterocycles. The van der Waals surface area contributed by atoms with Gasteiger partial charge in [0.05, 0.1) is 4.90 Å². The second kappa shape index (κ2) is 6.52. The van der Waals surface area contributed by atoms with Crippen molar-refractivity contribution in [3.8, 4) is 0 Å². The van der Waals surface area contributed by atoms with E-state index in [0.717, 1.165) is 38.9 Å². The molecule has 0 atom stereocenters. The third kappa shape index (κ3) is 3.12. The summed E-state index contributed by atoms with van der Waals surface area (Å²) >= 11 is 0. The molecule has 1 aliphatic carbocycles. The topological polar surface area (TPSA) is 40.6 Å². The molecule has 0 N–H and O–H groups in total. The second-order valence-electron chi connectivity index (χ2n) is 6.13. The van der Waals surface area contributed by atoms with Gasteiger partial charge in [0, 0.05) is 32.7 Å². The molecule has 0 unspecified atom stereocenters. The molecule has 0 aromatic heterocycles. The van der Waals surface area contributed by atoms with Crippen LogP contribution in [0, 0.1) is 0 Å². The van der Waals surface area contributed by atoms with Crippen molar-refractivity contribution >= 4 is 10.0 Å². The van der Waals surface area contributed by atoms with E-state index in [1.807, 2.05) is 18.2 Å².